The van der Waals surface area contributed by atoms with Gasteiger partial charge in [-0.2, -0.15) is 5.26 Å². The molecule has 0 saturated carbocycles. The molecule has 4 rings (SSSR count). The van der Waals surface area contributed by atoms with Gasteiger partial charge in [0, 0.05) is 9.79 Å². The molecule has 0 unspecified atom stereocenters. The summed E-state index contributed by atoms with van der Waals surface area (Å²) in [6.07, 6.45) is 1.80. The van der Waals surface area contributed by atoms with E-state index in [2.05, 4.69) is 16.0 Å². The smallest absolute Gasteiger partial charge is 0.149 e. The Morgan fingerprint density at radius 1 is 1.04 bits per heavy atom. The van der Waals surface area contributed by atoms with Crippen LogP contribution in [0, 0.1) is 17.1 Å². The van der Waals surface area contributed by atoms with Crippen LogP contribution < -0.4 is 0 Å². The van der Waals surface area contributed by atoms with Crippen LogP contribution in [0.25, 0.3) is 22.7 Å². The fourth-order valence-electron chi connectivity index (χ4n) is 2.73. The number of nitriles is 1. The highest BCUT2D eigenvalue weighted by Crippen LogP contribution is 2.32. The van der Waals surface area contributed by atoms with E-state index in [-0.39, 0.29) is 5.82 Å². The highest BCUT2D eigenvalue weighted by atomic mass is 32.2. The maximum atomic E-state index is 13.4. The van der Waals surface area contributed by atoms with E-state index in [9.17, 15) is 9.65 Å². The molecule has 3 aromatic carbocycles. The predicted molar refractivity (Wildman–Crippen MR) is 107 cm³/mol. The highest BCUT2D eigenvalue weighted by molar-refractivity contribution is 7.99. The second-order valence-electron chi connectivity index (χ2n) is 5.87. The molecule has 4 aromatic rings. The van der Waals surface area contributed by atoms with Crippen LogP contribution in [0.5, 0.6) is 0 Å². The molecule has 0 radical (unpaired) electrons. The van der Waals surface area contributed by atoms with Crippen LogP contribution in [0.15, 0.2) is 82.6 Å². The molecule has 0 aliphatic heterocycles. The zero-order chi connectivity index (χ0) is 18.6. The van der Waals surface area contributed by atoms with Gasteiger partial charge in [-0.25, -0.2) is 9.37 Å². The van der Waals surface area contributed by atoms with Crippen molar-refractivity contribution in [1.29, 1.82) is 5.26 Å². The number of nitrogens with zero attached hydrogens (tertiary/aromatic N) is 2. The van der Waals surface area contributed by atoms with Crippen molar-refractivity contribution < 1.29 is 4.39 Å². The standard InChI is InChI=1S/C22H14FN3S/c23-17-10-11-19-20(13-17)26-22(25-19)16(14-24)12-15-6-4-5-9-21(15)27-18-7-2-1-3-8-18/h1-13H,(H,25,26)/b16-12+. The van der Waals surface area contributed by atoms with Crippen LogP contribution in [-0.4, -0.2) is 9.97 Å². The molecule has 27 heavy (non-hydrogen) atoms. The Kier molecular flexibility index (Phi) is 4.73. The number of nitrogens with one attached hydrogen (secondary N) is 1. The molecular formula is C22H14FN3S. The molecule has 3 nitrogen and oxygen atoms in total. The first-order valence-corrected chi connectivity index (χ1v) is 9.14. The number of allylic oxidation sites excluding steroid dienone is 1. The van der Waals surface area contributed by atoms with E-state index in [1.165, 1.54) is 12.1 Å². The van der Waals surface area contributed by atoms with Crippen molar-refractivity contribution in [3.8, 4) is 6.07 Å². The van der Waals surface area contributed by atoms with Gasteiger partial charge in [0.05, 0.1) is 16.6 Å². The van der Waals surface area contributed by atoms with Crippen LogP contribution in [0.2, 0.25) is 0 Å². The quantitative estimate of drug-likeness (QED) is 0.453. The topological polar surface area (TPSA) is 52.5 Å². The van der Waals surface area contributed by atoms with Crippen molar-refractivity contribution in [2.24, 2.45) is 0 Å². The summed E-state index contributed by atoms with van der Waals surface area (Å²) >= 11 is 1.63. The molecule has 1 heterocycles. The second kappa shape index (κ2) is 7.48. The van der Waals surface area contributed by atoms with Gasteiger partial charge in [0.25, 0.3) is 0 Å². The summed E-state index contributed by atoms with van der Waals surface area (Å²) < 4.78 is 13.4. The minimum absolute atomic E-state index is 0.343. The van der Waals surface area contributed by atoms with Gasteiger partial charge in [0.15, 0.2) is 0 Å². The number of halogens is 1. The molecule has 1 N–H and O–H groups in total. The van der Waals surface area contributed by atoms with E-state index in [1.54, 1.807) is 23.9 Å². The number of imidazole rings is 1. The maximum Gasteiger partial charge on any atom is 0.149 e. The lowest BCUT2D eigenvalue weighted by Gasteiger charge is -2.06. The van der Waals surface area contributed by atoms with E-state index in [1.807, 2.05) is 54.6 Å². The molecule has 130 valence electrons. The summed E-state index contributed by atoms with van der Waals surface area (Å²) in [6, 6.07) is 24.5. The molecule has 0 saturated heterocycles. The summed E-state index contributed by atoms with van der Waals surface area (Å²) in [4.78, 5) is 9.60. The SMILES string of the molecule is N#C/C(=C\c1ccccc1Sc1ccccc1)c1nc2ccc(F)cc2[nH]1. The first kappa shape index (κ1) is 17.1. The van der Waals surface area contributed by atoms with Crippen molar-refractivity contribution in [3.63, 3.8) is 0 Å². The Balaban J connectivity index is 1.73. The van der Waals surface area contributed by atoms with Crippen molar-refractivity contribution in [2.75, 3.05) is 0 Å². The second-order valence-corrected chi connectivity index (χ2v) is 6.98. The van der Waals surface area contributed by atoms with Crippen LogP contribution in [0.3, 0.4) is 0 Å². The first-order valence-electron chi connectivity index (χ1n) is 8.32. The number of hydrogen-bond donors (Lipinski definition) is 1. The number of aromatic amines is 1. The van der Waals surface area contributed by atoms with Gasteiger partial charge in [0.1, 0.15) is 17.7 Å². The molecule has 0 aliphatic rings. The molecule has 0 bridgehead atoms. The lowest BCUT2D eigenvalue weighted by Crippen LogP contribution is -1.86. The Bertz CT molecular complexity index is 1170. The third-order valence-corrected chi connectivity index (χ3v) is 5.11. The lowest BCUT2D eigenvalue weighted by molar-refractivity contribution is 0.629. The molecule has 5 heteroatoms. The molecule has 0 atom stereocenters. The van der Waals surface area contributed by atoms with Gasteiger partial charge < -0.3 is 4.98 Å². The summed E-state index contributed by atoms with van der Waals surface area (Å²) in [5.41, 5.74) is 2.51. The van der Waals surface area contributed by atoms with Crippen LogP contribution in [0.4, 0.5) is 4.39 Å². The van der Waals surface area contributed by atoms with Gasteiger partial charge >= 0.3 is 0 Å². The summed E-state index contributed by atoms with van der Waals surface area (Å²) in [7, 11) is 0. The molecule has 0 fully saturated rings. The van der Waals surface area contributed by atoms with E-state index in [0.29, 0.717) is 22.4 Å². The number of fused-ring (bicyclic) bond motifs is 1. The maximum absolute atomic E-state index is 13.4. The number of aromatic nitrogens is 2. The van der Waals surface area contributed by atoms with E-state index in [4.69, 9.17) is 0 Å². The summed E-state index contributed by atoms with van der Waals surface area (Å²) in [5, 5.41) is 9.64. The number of hydrogen-bond acceptors (Lipinski definition) is 3. The zero-order valence-corrected chi connectivity index (χ0v) is 15.0. The van der Waals surface area contributed by atoms with Crippen LogP contribution in [0.1, 0.15) is 11.4 Å². The summed E-state index contributed by atoms with van der Waals surface area (Å²) in [6.45, 7) is 0. The van der Waals surface area contributed by atoms with Crippen LogP contribution >= 0.6 is 11.8 Å². The molecule has 0 spiro atoms. The number of benzene rings is 3. The average molecular weight is 371 g/mol. The minimum Gasteiger partial charge on any atom is -0.337 e. The highest BCUT2D eigenvalue weighted by Gasteiger charge is 2.10. The third kappa shape index (κ3) is 3.76. The van der Waals surface area contributed by atoms with E-state index >= 15 is 0 Å². The monoisotopic (exact) mass is 371 g/mol. The van der Waals surface area contributed by atoms with Gasteiger partial charge in [0.2, 0.25) is 0 Å². The average Bonchev–Trinajstić information content (AvgIpc) is 3.11. The van der Waals surface area contributed by atoms with Gasteiger partial charge in [-0.3, -0.25) is 0 Å². The predicted octanol–water partition coefficient (Wildman–Crippen LogP) is 5.92. The third-order valence-electron chi connectivity index (χ3n) is 4.01. The fraction of sp³-hybridized carbons (Fsp3) is 0. The first-order chi connectivity index (χ1) is 13.2. The van der Waals surface area contributed by atoms with Gasteiger partial charge in [-0.15, -0.1) is 0 Å². The van der Waals surface area contributed by atoms with Crippen molar-refractivity contribution in [3.05, 3.63) is 90.0 Å². The lowest BCUT2D eigenvalue weighted by atomic mass is 10.1. The van der Waals surface area contributed by atoms with E-state index < -0.39 is 0 Å². The number of H-pyrrole nitrogens is 1. The Hall–Kier alpha value is -3.36. The Morgan fingerprint density at radius 2 is 1.81 bits per heavy atom. The van der Waals surface area contributed by atoms with Crippen molar-refractivity contribution in [2.45, 2.75) is 9.79 Å². The molecule has 0 aliphatic carbocycles. The Morgan fingerprint density at radius 3 is 2.63 bits per heavy atom. The Labute approximate surface area is 160 Å². The number of rotatable bonds is 4. The van der Waals surface area contributed by atoms with Crippen molar-refractivity contribution >= 4 is 34.4 Å². The summed E-state index contributed by atoms with van der Waals surface area (Å²) in [5.74, 6) is 0.0856. The van der Waals surface area contributed by atoms with Gasteiger partial charge in [-0.05, 0) is 48.0 Å². The largest absolute Gasteiger partial charge is 0.337 e. The molecule has 0 amide bonds. The van der Waals surface area contributed by atoms with Crippen molar-refractivity contribution in [1.82, 2.24) is 9.97 Å². The molecular weight excluding hydrogens is 357 g/mol. The van der Waals surface area contributed by atoms with Crippen LogP contribution in [-0.2, 0) is 0 Å². The normalized spacial score (nSPS) is 11.5. The minimum atomic E-state index is -0.343. The fourth-order valence-corrected chi connectivity index (χ4v) is 3.67. The van der Waals surface area contributed by atoms with E-state index in [0.717, 1.165) is 15.4 Å². The zero-order valence-electron chi connectivity index (χ0n) is 14.2. The molecule has 1 aromatic heterocycles. The van der Waals surface area contributed by atoms with Gasteiger partial charge in [-0.1, -0.05) is 48.2 Å².